The normalized spacial score (nSPS) is 28.2. The number of para-hydroxylation sites is 1. The van der Waals surface area contributed by atoms with Gasteiger partial charge in [-0.25, -0.2) is 0 Å². The third-order valence-electron chi connectivity index (χ3n) is 6.36. The van der Waals surface area contributed by atoms with Gasteiger partial charge in [0, 0.05) is 24.7 Å². The lowest BCUT2D eigenvalue weighted by atomic mass is 9.83. The predicted molar refractivity (Wildman–Crippen MR) is 102 cm³/mol. The van der Waals surface area contributed by atoms with Crippen LogP contribution in [0.4, 0.5) is 5.69 Å². The van der Waals surface area contributed by atoms with Crippen LogP contribution in [0.15, 0.2) is 24.3 Å². The van der Waals surface area contributed by atoms with Gasteiger partial charge < -0.3 is 15.5 Å². The third kappa shape index (κ3) is 3.63. The van der Waals surface area contributed by atoms with Crippen molar-refractivity contribution in [1.29, 1.82) is 0 Å². The second-order valence-electron chi connectivity index (χ2n) is 7.97. The summed E-state index contributed by atoms with van der Waals surface area (Å²) in [7, 11) is 0. The fourth-order valence-corrected chi connectivity index (χ4v) is 4.99. The smallest absolute Gasteiger partial charge is 0.232 e. The number of anilines is 1. The van der Waals surface area contributed by atoms with Crippen LogP contribution in [0.5, 0.6) is 0 Å². The minimum atomic E-state index is -0.194. The molecule has 2 amide bonds. The Bertz CT molecular complexity index is 673. The number of rotatable bonds is 5. The molecule has 0 aliphatic carbocycles. The second kappa shape index (κ2) is 7.78. The number of nitrogens with one attached hydrogen (secondary N) is 2. The molecule has 2 N–H and O–H groups in total. The summed E-state index contributed by atoms with van der Waals surface area (Å²) in [6.45, 7) is 3.24. The Morgan fingerprint density at radius 2 is 2.00 bits per heavy atom. The number of piperidine rings is 2. The van der Waals surface area contributed by atoms with Gasteiger partial charge >= 0.3 is 0 Å². The number of hydrogen-bond donors (Lipinski definition) is 2. The minimum absolute atomic E-state index is 0.0177. The molecule has 0 aromatic heterocycles. The lowest BCUT2D eigenvalue weighted by Gasteiger charge is -2.44. The molecule has 1 aromatic rings. The van der Waals surface area contributed by atoms with Crippen molar-refractivity contribution in [3.05, 3.63) is 29.8 Å². The molecule has 0 bridgehead atoms. The maximum Gasteiger partial charge on any atom is 0.232 e. The van der Waals surface area contributed by atoms with E-state index in [1.165, 1.54) is 45.2 Å². The highest BCUT2D eigenvalue weighted by Gasteiger charge is 2.33. The number of amides is 2. The highest BCUT2D eigenvalue weighted by molar-refractivity contribution is 6.03. The first-order valence-corrected chi connectivity index (χ1v) is 10.1. The molecule has 3 aliphatic heterocycles. The van der Waals surface area contributed by atoms with E-state index < -0.39 is 0 Å². The first-order chi connectivity index (χ1) is 12.7. The van der Waals surface area contributed by atoms with Gasteiger partial charge in [-0.05, 0) is 62.7 Å². The van der Waals surface area contributed by atoms with E-state index in [1.807, 2.05) is 24.3 Å². The first-order valence-electron chi connectivity index (χ1n) is 10.1. The SMILES string of the molecule is O=C(CCC1C(=O)Nc2ccccc21)NC[C@H]1CCCN2CCCC[C@@H]12. The zero-order valence-electron chi connectivity index (χ0n) is 15.4. The van der Waals surface area contributed by atoms with Gasteiger partial charge in [0.15, 0.2) is 0 Å². The fourth-order valence-electron chi connectivity index (χ4n) is 4.99. The molecule has 0 radical (unpaired) electrons. The molecule has 0 spiro atoms. The molecule has 1 aromatic carbocycles. The van der Waals surface area contributed by atoms with Gasteiger partial charge in [-0.15, -0.1) is 0 Å². The van der Waals surface area contributed by atoms with Crippen molar-refractivity contribution in [2.24, 2.45) is 5.92 Å². The van der Waals surface area contributed by atoms with Crippen molar-refractivity contribution in [3.8, 4) is 0 Å². The van der Waals surface area contributed by atoms with E-state index in [2.05, 4.69) is 15.5 Å². The molecule has 5 heteroatoms. The summed E-state index contributed by atoms with van der Waals surface area (Å²) in [5, 5.41) is 6.06. The van der Waals surface area contributed by atoms with E-state index in [4.69, 9.17) is 0 Å². The Morgan fingerprint density at radius 3 is 2.92 bits per heavy atom. The summed E-state index contributed by atoms with van der Waals surface area (Å²) in [6, 6.07) is 8.44. The first kappa shape index (κ1) is 17.5. The Morgan fingerprint density at radius 1 is 1.15 bits per heavy atom. The van der Waals surface area contributed by atoms with E-state index in [0.717, 1.165) is 17.8 Å². The molecule has 3 aliphatic rings. The summed E-state index contributed by atoms with van der Waals surface area (Å²) in [5.74, 6) is 0.489. The van der Waals surface area contributed by atoms with E-state index in [-0.39, 0.29) is 17.7 Å². The summed E-state index contributed by atoms with van der Waals surface area (Å²) in [5.41, 5.74) is 1.91. The molecule has 3 heterocycles. The lowest BCUT2D eigenvalue weighted by Crippen LogP contribution is -2.51. The molecule has 2 fully saturated rings. The molecule has 2 saturated heterocycles. The highest BCUT2D eigenvalue weighted by atomic mass is 16.2. The standard InChI is InChI=1S/C21H29N3O2/c25-20(11-10-17-16-7-1-2-8-18(16)23-21(17)26)22-14-15-6-5-13-24-12-4-3-9-19(15)24/h1-2,7-8,15,17,19H,3-6,9-14H2,(H,22,25)(H,23,26)/t15-,17?,19+/m1/s1. The Balaban J connectivity index is 1.26. The van der Waals surface area contributed by atoms with Crippen LogP contribution in [0, 0.1) is 5.92 Å². The van der Waals surface area contributed by atoms with Crippen molar-refractivity contribution in [3.63, 3.8) is 0 Å². The van der Waals surface area contributed by atoms with Gasteiger partial charge in [-0.3, -0.25) is 9.59 Å². The van der Waals surface area contributed by atoms with Crippen LogP contribution in [0.25, 0.3) is 0 Å². The summed E-state index contributed by atoms with van der Waals surface area (Å²) < 4.78 is 0. The van der Waals surface area contributed by atoms with E-state index in [0.29, 0.717) is 24.8 Å². The lowest BCUT2D eigenvalue weighted by molar-refractivity contribution is -0.122. The van der Waals surface area contributed by atoms with Crippen LogP contribution in [0.3, 0.4) is 0 Å². The Kier molecular flexibility index (Phi) is 5.25. The van der Waals surface area contributed by atoms with Crippen LogP contribution >= 0.6 is 0 Å². The number of nitrogens with zero attached hydrogens (tertiary/aromatic N) is 1. The fraction of sp³-hybridized carbons (Fsp3) is 0.619. The predicted octanol–water partition coefficient (Wildman–Crippen LogP) is 2.88. The monoisotopic (exact) mass is 355 g/mol. The zero-order chi connectivity index (χ0) is 17.9. The molecule has 4 rings (SSSR count). The molecule has 0 saturated carbocycles. The largest absolute Gasteiger partial charge is 0.356 e. The molecular formula is C21H29N3O2. The number of carbonyl (C=O) groups is 2. The summed E-state index contributed by atoms with van der Waals surface area (Å²) >= 11 is 0. The Labute approximate surface area is 155 Å². The molecule has 140 valence electrons. The maximum absolute atomic E-state index is 12.4. The van der Waals surface area contributed by atoms with Crippen molar-refractivity contribution < 1.29 is 9.59 Å². The van der Waals surface area contributed by atoms with Crippen molar-refractivity contribution >= 4 is 17.5 Å². The molecule has 3 atom stereocenters. The number of fused-ring (bicyclic) bond motifs is 2. The maximum atomic E-state index is 12.4. The van der Waals surface area contributed by atoms with E-state index in [1.54, 1.807) is 0 Å². The zero-order valence-corrected chi connectivity index (χ0v) is 15.4. The summed E-state index contributed by atoms with van der Waals surface area (Å²) in [6.07, 6.45) is 7.38. The third-order valence-corrected chi connectivity index (χ3v) is 6.36. The topological polar surface area (TPSA) is 61.4 Å². The van der Waals surface area contributed by atoms with Crippen LogP contribution in [0.1, 0.15) is 56.4 Å². The molecular weight excluding hydrogens is 326 g/mol. The quantitative estimate of drug-likeness (QED) is 0.854. The van der Waals surface area contributed by atoms with Crippen LogP contribution in [0.2, 0.25) is 0 Å². The van der Waals surface area contributed by atoms with Gasteiger partial charge in [0.2, 0.25) is 11.8 Å². The minimum Gasteiger partial charge on any atom is -0.356 e. The average Bonchev–Trinajstić information content (AvgIpc) is 2.99. The average molecular weight is 355 g/mol. The van der Waals surface area contributed by atoms with Gasteiger partial charge in [-0.2, -0.15) is 0 Å². The number of carbonyl (C=O) groups excluding carboxylic acids is 2. The Hall–Kier alpha value is -1.88. The van der Waals surface area contributed by atoms with Gasteiger partial charge in [-0.1, -0.05) is 24.6 Å². The second-order valence-corrected chi connectivity index (χ2v) is 7.97. The van der Waals surface area contributed by atoms with Gasteiger partial charge in [0.05, 0.1) is 5.92 Å². The number of hydrogen-bond acceptors (Lipinski definition) is 3. The van der Waals surface area contributed by atoms with Crippen LogP contribution in [-0.4, -0.2) is 42.4 Å². The highest BCUT2D eigenvalue weighted by Crippen LogP contribution is 2.35. The molecule has 5 nitrogen and oxygen atoms in total. The molecule has 26 heavy (non-hydrogen) atoms. The van der Waals surface area contributed by atoms with E-state index >= 15 is 0 Å². The van der Waals surface area contributed by atoms with Crippen LogP contribution in [-0.2, 0) is 9.59 Å². The van der Waals surface area contributed by atoms with Gasteiger partial charge in [0.1, 0.15) is 0 Å². The van der Waals surface area contributed by atoms with Crippen molar-refractivity contribution in [1.82, 2.24) is 10.2 Å². The van der Waals surface area contributed by atoms with Crippen LogP contribution < -0.4 is 10.6 Å². The van der Waals surface area contributed by atoms with E-state index in [9.17, 15) is 9.59 Å². The molecule has 1 unspecified atom stereocenters. The van der Waals surface area contributed by atoms with Crippen molar-refractivity contribution in [2.75, 3.05) is 25.0 Å². The van der Waals surface area contributed by atoms with Gasteiger partial charge in [0.25, 0.3) is 0 Å². The van der Waals surface area contributed by atoms with Crippen molar-refractivity contribution in [2.45, 2.75) is 56.9 Å². The summed E-state index contributed by atoms with van der Waals surface area (Å²) in [4.78, 5) is 27.2. The number of benzene rings is 1.